The van der Waals surface area contributed by atoms with Gasteiger partial charge in [-0.2, -0.15) is 10.4 Å². The lowest BCUT2D eigenvalue weighted by molar-refractivity contribution is -0.120. The molecule has 0 saturated carbocycles. The molecule has 0 atom stereocenters. The van der Waals surface area contributed by atoms with Crippen molar-refractivity contribution >= 4 is 18.0 Å². The van der Waals surface area contributed by atoms with E-state index in [1.54, 1.807) is 48.5 Å². The molecular formula is C26H24N4O5. The zero-order valence-electron chi connectivity index (χ0n) is 19.3. The molecule has 2 amide bonds. The highest BCUT2D eigenvalue weighted by Gasteiger charge is 2.11. The van der Waals surface area contributed by atoms with Crippen LogP contribution in [0.25, 0.3) is 0 Å². The Kier molecular flexibility index (Phi) is 8.79. The van der Waals surface area contributed by atoms with Gasteiger partial charge in [0.15, 0.2) is 11.5 Å². The maximum atomic E-state index is 12.3. The normalized spacial score (nSPS) is 10.3. The first-order valence-electron chi connectivity index (χ1n) is 10.6. The highest BCUT2D eigenvalue weighted by atomic mass is 16.5. The van der Waals surface area contributed by atoms with Gasteiger partial charge >= 0.3 is 0 Å². The number of benzene rings is 3. The van der Waals surface area contributed by atoms with Gasteiger partial charge in [0.25, 0.3) is 11.8 Å². The standard InChI is InChI=1S/C26H24N4O5/c1-33-23-12-9-19(13-24(23)34-2)26(32)28-16-25(31)30-29-15-18-7-10-22(11-8-18)35-17-21-6-4-3-5-20(21)14-27/h3-13,15H,16-17H2,1-2H3,(H,28,32)(H,30,31). The van der Waals surface area contributed by atoms with Gasteiger partial charge in [0.2, 0.25) is 0 Å². The molecule has 0 saturated heterocycles. The number of nitrogens with zero attached hydrogens (tertiary/aromatic N) is 2. The minimum atomic E-state index is -0.480. The summed E-state index contributed by atoms with van der Waals surface area (Å²) in [6.45, 7) is 0.0315. The summed E-state index contributed by atoms with van der Waals surface area (Å²) in [5, 5.41) is 15.6. The Labute approximate surface area is 202 Å². The van der Waals surface area contributed by atoms with Crippen LogP contribution < -0.4 is 25.0 Å². The summed E-state index contributed by atoms with van der Waals surface area (Å²) in [5.74, 6) is 0.638. The Balaban J connectivity index is 1.45. The molecule has 0 aliphatic heterocycles. The second-order valence-corrected chi connectivity index (χ2v) is 7.17. The third-order valence-electron chi connectivity index (χ3n) is 4.87. The van der Waals surface area contributed by atoms with Crippen LogP contribution in [-0.2, 0) is 11.4 Å². The SMILES string of the molecule is COc1ccc(C(=O)NCC(=O)NN=Cc2ccc(OCc3ccccc3C#N)cc2)cc1OC. The van der Waals surface area contributed by atoms with E-state index in [2.05, 4.69) is 21.9 Å². The summed E-state index contributed by atoms with van der Waals surface area (Å²) in [5.41, 5.74) is 4.82. The summed E-state index contributed by atoms with van der Waals surface area (Å²) >= 11 is 0. The van der Waals surface area contributed by atoms with Crippen LogP contribution in [0.5, 0.6) is 17.2 Å². The van der Waals surface area contributed by atoms with Crippen molar-refractivity contribution < 1.29 is 23.8 Å². The van der Waals surface area contributed by atoms with Crippen LogP contribution in [0, 0.1) is 11.3 Å². The van der Waals surface area contributed by atoms with Gasteiger partial charge in [-0.05, 0) is 54.1 Å². The first kappa shape index (κ1) is 24.8. The molecule has 3 aromatic rings. The van der Waals surface area contributed by atoms with Gasteiger partial charge in [0.1, 0.15) is 12.4 Å². The number of rotatable bonds is 10. The van der Waals surface area contributed by atoms with Crippen molar-refractivity contribution in [3.8, 4) is 23.3 Å². The van der Waals surface area contributed by atoms with Crippen molar-refractivity contribution in [2.24, 2.45) is 5.10 Å². The number of amides is 2. The molecule has 0 heterocycles. The van der Waals surface area contributed by atoms with Gasteiger partial charge < -0.3 is 19.5 Å². The van der Waals surface area contributed by atoms with E-state index >= 15 is 0 Å². The van der Waals surface area contributed by atoms with Crippen LogP contribution in [0.4, 0.5) is 0 Å². The molecule has 0 unspecified atom stereocenters. The molecule has 0 aliphatic carbocycles. The maximum absolute atomic E-state index is 12.3. The van der Waals surface area contributed by atoms with Crippen LogP contribution in [-0.4, -0.2) is 38.8 Å². The highest BCUT2D eigenvalue weighted by molar-refractivity contribution is 5.97. The van der Waals surface area contributed by atoms with E-state index in [0.717, 1.165) is 11.1 Å². The summed E-state index contributed by atoms with van der Waals surface area (Å²) in [6, 6.07) is 21.2. The molecule has 0 fully saturated rings. The Morgan fingerprint density at radius 1 is 1.00 bits per heavy atom. The molecule has 2 N–H and O–H groups in total. The van der Waals surface area contributed by atoms with E-state index in [0.29, 0.717) is 28.4 Å². The molecule has 178 valence electrons. The maximum Gasteiger partial charge on any atom is 0.259 e. The Morgan fingerprint density at radius 2 is 1.74 bits per heavy atom. The molecule has 0 aromatic heterocycles. The fraction of sp³-hybridized carbons (Fsp3) is 0.154. The topological polar surface area (TPSA) is 122 Å². The molecular weight excluding hydrogens is 448 g/mol. The van der Waals surface area contributed by atoms with Gasteiger partial charge in [-0.3, -0.25) is 9.59 Å². The van der Waals surface area contributed by atoms with Crippen molar-refractivity contribution in [3.05, 3.63) is 89.0 Å². The highest BCUT2D eigenvalue weighted by Crippen LogP contribution is 2.27. The zero-order valence-corrected chi connectivity index (χ0v) is 19.3. The van der Waals surface area contributed by atoms with Crippen LogP contribution >= 0.6 is 0 Å². The third kappa shape index (κ3) is 7.07. The lowest BCUT2D eigenvalue weighted by Crippen LogP contribution is -2.34. The van der Waals surface area contributed by atoms with Gasteiger partial charge in [0, 0.05) is 11.1 Å². The Morgan fingerprint density at radius 3 is 2.46 bits per heavy atom. The number of methoxy groups -OCH3 is 2. The van der Waals surface area contributed by atoms with Crippen LogP contribution in [0.1, 0.15) is 27.0 Å². The molecule has 0 bridgehead atoms. The van der Waals surface area contributed by atoms with Crippen molar-refractivity contribution in [2.45, 2.75) is 6.61 Å². The smallest absolute Gasteiger partial charge is 0.259 e. The number of ether oxygens (including phenoxy) is 3. The first-order chi connectivity index (χ1) is 17.0. The number of nitriles is 1. The zero-order chi connectivity index (χ0) is 25.0. The van der Waals surface area contributed by atoms with Crippen molar-refractivity contribution in [3.63, 3.8) is 0 Å². The predicted molar refractivity (Wildman–Crippen MR) is 130 cm³/mol. The third-order valence-corrected chi connectivity index (χ3v) is 4.87. The first-order valence-corrected chi connectivity index (χ1v) is 10.6. The molecule has 3 aromatic carbocycles. The van der Waals surface area contributed by atoms with Crippen LogP contribution in [0.3, 0.4) is 0 Å². The summed E-state index contributed by atoms with van der Waals surface area (Å²) in [6.07, 6.45) is 1.48. The quantitative estimate of drug-likeness (QED) is 0.346. The number of carbonyl (C=O) groups excluding carboxylic acids is 2. The van der Waals surface area contributed by atoms with E-state index in [-0.39, 0.29) is 13.2 Å². The minimum Gasteiger partial charge on any atom is -0.493 e. The largest absolute Gasteiger partial charge is 0.493 e. The number of hydrogen-bond donors (Lipinski definition) is 2. The van der Waals surface area contributed by atoms with Gasteiger partial charge in [-0.15, -0.1) is 0 Å². The van der Waals surface area contributed by atoms with Crippen LogP contribution in [0.15, 0.2) is 71.8 Å². The lowest BCUT2D eigenvalue weighted by atomic mass is 10.1. The van der Waals surface area contributed by atoms with Gasteiger partial charge in [0.05, 0.1) is 38.6 Å². The number of hydrazone groups is 1. The van der Waals surface area contributed by atoms with Crippen LogP contribution in [0.2, 0.25) is 0 Å². The Hall–Kier alpha value is -4.84. The van der Waals surface area contributed by atoms with Crippen molar-refractivity contribution in [1.82, 2.24) is 10.7 Å². The fourth-order valence-electron chi connectivity index (χ4n) is 3.02. The lowest BCUT2D eigenvalue weighted by Gasteiger charge is -2.09. The Bertz CT molecular complexity index is 1250. The van der Waals surface area contributed by atoms with Gasteiger partial charge in [-0.1, -0.05) is 18.2 Å². The second-order valence-electron chi connectivity index (χ2n) is 7.17. The van der Waals surface area contributed by atoms with E-state index < -0.39 is 11.8 Å². The molecule has 0 spiro atoms. The number of nitrogens with one attached hydrogen (secondary N) is 2. The summed E-state index contributed by atoms with van der Waals surface area (Å²) in [7, 11) is 2.98. The number of hydrogen-bond acceptors (Lipinski definition) is 7. The summed E-state index contributed by atoms with van der Waals surface area (Å²) in [4.78, 5) is 24.3. The van der Waals surface area contributed by atoms with E-state index in [1.807, 2.05) is 12.1 Å². The second kappa shape index (κ2) is 12.4. The molecule has 9 nitrogen and oxygen atoms in total. The minimum absolute atomic E-state index is 0.249. The van der Waals surface area contributed by atoms with E-state index in [1.165, 1.54) is 26.5 Å². The van der Waals surface area contributed by atoms with Crippen molar-refractivity contribution in [1.29, 1.82) is 5.26 Å². The number of carbonyl (C=O) groups is 2. The fourth-order valence-corrected chi connectivity index (χ4v) is 3.02. The molecule has 9 heteroatoms. The molecule has 35 heavy (non-hydrogen) atoms. The molecule has 0 radical (unpaired) electrons. The molecule has 0 aliphatic rings. The average Bonchev–Trinajstić information content (AvgIpc) is 2.90. The van der Waals surface area contributed by atoms with E-state index in [9.17, 15) is 9.59 Å². The molecule has 3 rings (SSSR count). The summed E-state index contributed by atoms with van der Waals surface area (Å²) < 4.78 is 16.0. The van der Waals surface area contributed by atoms with E-state index in [4.69, 9.17) is 19.5 Å². The predicted octanol–water partition coefficient (Wildman–Crippen LogP) is 3.03. The van der Waals surface area contributed by atoms with Gasteiger partial charge in [-0.25, -0.2) is 5.43 Å². The average molecular weight is 473 g/mol. The van der Waals surface area contributed by atoms with Crippen molar-refractivity contribution in [2.75, 3.05) is 20.8 Å². The monoisotopic (exact) mass is 472 g/mol.